The van der Waals surface area contributed by atoms with Crippen LogP contribution in [0.1, 0.15) is 30.8 Å². The molecule has 0 saturated heterocycles. The zero-order valence-electron chi connectivity index (χ0n) is 10.9. The van der Waals surface area contributed by atoms with Crippen LogP contribution in [0, 0.1) is 0 Å². The van der Waals surface area contributed by atoms with E-state index in [1.807, 2.05) is 0 Å². The van der Waals surface area contributed by atoms with Crippen molar-refractivity contribution >= 4 is 11.6 Å². The minimum absolute atomic E-state index is 0.0107. The van der Waals surface area contributed by atoms with E-state index in [4.69, 9.17) is 5.73 Å². The molecule has 8 heteroatoms. The smallest absolute Gasteiger partial charge is 0.396 e. The maximum atomic E-state index is 12.4. The summed E-state index contributed by atoms with van der Waals surface area (Å²) in [5.74, 6) is -0.788. The highest BCUT2D eigenvalue weighted by Crippen LogP contribution is 2.19. The summed E-state index contributed by atoms with van der Waals surface area (Å²) >= 11 is 0. The van der Waals surface area contributed by atoms with Gasteiger partial charge in [0.15, 0.2) is 5.69 Å². The Morgan fingerprint density at radius 2 is 2.11 bits per heavy atom. The van der Waals surface area contributed by atoms with Crippen molar-refractivity contribution in [1.29, 1.82) is 0 Å². The standard InChI is InChI=1S/C11H17F3N4O/c1-3-5-17(7-11(12,13)14)10(19)9-8(15)6-18(4-2)16-9/h6H,3-5,7,15H2,1-2H3. The number of aromatic nitrogens is 2. The van der Waals surface area contributed by atoms with Gasteiger partial charge in [0.25, 0.3) is 5.91 Å². The van der Waals surface area contributed by atoms with Crippen LogP contribution in [0.5, 0.6) is 0 Å². The van der Waals surface area contributed by atoms with E-state index >= 15 is 0 Å². The molecule has 0 saturated carbocycles. The van der Waals surface area contributed by atoms with Gasteiger partial charge in [0.2, 0.25) is 0 Å². The van der Waals surface area contributed by atoms with Gasteiger partial charge in [-0.3, -0.25) is 9.48 Å². The lowest BCUT2D eigenvalue weighted by Crippen LogP contribution is -2.40. The summed E-state index contributed by atoms with van der Waals surface area (Å²) in [4.78, 5) is 12.8. The average molecular weight is 278 g/mol. The molecular weight excluding hydrogens is 261 g/mol. The average Bonchev–Trinajstić information content (AvgIpc) is 2.67. The number of hydrogen-bond acceptors (Lipinski definition) is 3. The molecule has 0 radical (unpaired) electrons. The number of halogens is 3. The van der Waals surface area contributed by atoms with Crippen molar-refractivity contribution in [2.24, 2.45) is 0 Å². The van der Waals surface area contributed by atoms with Crippen LogP contribution in [-0.4, -0.2) is 39.9 Å². The molecular formula is C11H17F3N4O. The molecule has 1 aromatic heterocycles. The second kappa shape index (κ2) is 5.94. The number of nitrogens with zero attached hydrogens (tertiary/aromatic N) is 3. The Labute approximate surface area is 109 Å². The van der Waals surface area contributed by atoms with E-state index in [2.05, 4.69) is 5.10 Å². The van der Waals surface area contributed by atoms with Crippen molar-refractivity contribution in [1.82, 2.24) is 14.7 Å². The lowest BCUT2D eigenvalue weighted by Gasteiger charge is -2.22. The monoisotopic (exact) mass is 278 g/mol. The van der Waals surface area contributed by atoms with Crippen LogP contribution in [0.2, 0.25) is 0 Å². The highest BCUT2D eigenvalue weighted by molar-refractivity contribution is 5.97. The summed E-state index contributed by atoms with van der Waals surface area (Å²) in [6.45, 7) is 2.70. The molecule has 19 heavy (non-hydrogen) atoms. The van der Waals surface area contributed by atoms with Gasteiger partial charge in [0.05, 0.1) is 5.69 Å². The molecule has 108 valence electrons. The Morgan fingerprint density at radius 1 is 1.47 bits per heavy atom. The predicted molar refractivity (Wildman–Crippen MR) is 64.6 cm³/mol. The van der Waals surface area contributed by atoms with Gasteiger partial charge in [-0.2, -0.15) is 18.3 Å². The molecule has 0 aliphatic carbocycles. The SMILES string of the molecule is CCCN(CC(F)(F)F)C(=O)c1nn(CC)cc1N. The number of alkyl halides is 3. The highest BCUT2D eigenvalue weighted by Gasteiger charge is 2.34. The molecule has 0 fully saturated rings. The van der Waals surface area contributed by atoms with Crippen molar-refractivity contribution in [3.63, 3.8) is 0 Å². The number of aryl methyl sites for hydroxylation is 1. The molecule has 2 N–H and O–H groups in total. The fourth-order valence-electron chi connectivity index (χ4n) is 1.65. The van der Waals surface area contributed by atoms with Crippen molar-refractivity contribution in [3.8, 4) is 0 Å². The topological polar surface area (TPSA) is 64.2 Å². The number of carbonyl (C=O) groups is 1. The fourth-order valence-corrected chi connectivity index (χ4v) is 1.65. The van der Waals surface area contributed by atoms with Crippen LogP contribution in [-0.2, 0) is 6.54 Å². The van der Waals surface area contributed by atoms with Crippen molar-refractivity contribution in [2.45, 2.75) is 33.0 Å². The first-order chi connectivity index (χ1) is 8.78. The summed E-state index contributed by atoms with van der Waals surface area (Å²) in [5.41, 5.74) is 5.57. The summed E-state index contributed by atoms with van der Waals surface area (Å²) in [5, 5.41) is 3.89. The Morgan fingerprint density at radius 3 is 2.53 bits per heavy atom. The Balaban J connectivity index is 2.95. The number of anilines is 1. The Kier molecular flexibility index (Phi) is 4.79. The molecule has 1 rings (SSSR count). The molecule has 0 aromatic carbocycles. The first kappa shape index (κ1) is 15.3. The maximum Gasteiger partial charge on any atom is 0.406 e. The molecule has 5 nitrogen and oxygen atoms in total. The second-order valence-corrected chi connectivity index (χ2v) is 4.13. The minimum Gasteiger partial charge on any atom is -0.396 e. The second-order valence-electron chi connectivity index (χ2n) is 4.13. The predicted octanol–water partition coefficient (Wildman–Crippen LogP) is 1.90. The number of amides is 1. The van der Waals surface area contributed by atoms with Gasteiger partial charge in [0, 0.05) is 19.3 Å². The fraction of sp³-hybridized carbons (Fsp3) is 0.636. The third-order valence-corrected chi connectivity index (χ3v) is 2.47. The summed E-state index contributed by atoms with van der Waals surface area (Å²) in [6, 6.07) is 0. The van der Waals surface area contributed by atoms with Crippen LogP contribution in [0.15, 0.2) is 6.20 Å². The van der Waals surface area contributed by atoms with Gasteiger partial charge in [-0.25, -0.2) is 0 Å². The molecule has 1 heterocycles. The molecule has 0 unspecified atom stereocenters. The van der Waals surface area contributed by atoms with E-state index in [9.17, 15) is 18.0 Å². The molecule has 1 aromatic rings. The van der Waals surface area contributed by atoms with Gasteiger partial charge in [-0.1, -0.05) is 6.92 Å². The molecule has 0 aliphatic heterocycles. The van der Waals surface area contributed by atoms with E-state index in [1.165, 1.54) is 10.9 Å². The van der Waals surface area contributed by atoms with Gasteiger partial charge < -0.3 is 10.6 Å². The van der Waals surface area contributed by atoms with Crippen LogP contribution in [0.25, 0.3) is 0 Å². The van der Waals surface area contributed by atoms with E-state index < -0.39 is 18.6 Å². The van der Waals surface area contributed by atoms with Crippen molar-refractivity contribution in [3.05, 3.63) is 11.9 Å². The third kappa shape index (κ3) is 4.15. The quantitative estimate of drug-likeness (QED) is 0.894. The van der Waals surface area contributed by atoms with Gasteiger partial charge in [-0.05, 0) is 13.3 Å². The van der Waals surface area contributed by atoms with Crippen LogP contribution >= 0.6 is 0 Å². The minimum atomic E-state index is -4.44. The molecule has 0 spiro atoms. The number of hydrogen-bond donors (Lipinski definition) is 1. The molecule has 1 amide bonds. The first-order valence-electron chi connectivity index (χ1n) is 5.97. The summed E-state index contributed by atoms with van der Waals surface area (Å²) < 4.78 is 38.7. The zero-order valence-corrected chi connectivity index (χ0v) is 10.9. The van der Waals surface area contributed by atoms with Gasteiger partial charge >= 0.3 is 6.18 Å². The Hall–Kier alpha value is -1.73. The lowest BCUT2D eigenvalue weighted by atomic mass is 10.3. The number of nitrogens with two attached hydrogens (primary N) is 1. The van der Waals surface area contributed by atoms with Gasteiger partial charge in [-0.15, -0.1) is 0 Å². The zero-order chi connectivity index (χ0) is 14.6. The lowest BCUT2D eigenvalue weighted by molar-refractivity contribution is -0.140. The van der Waals surface area contributed by atoms with Crippen molar-refractivity contribution < 1.29 is 18.0 Å². The van der Waals surface area contributed by atoms with Crippen LogP contribution < -0.4 is 5.73 Å². The maximum absolute atomic E-state index is 12.4. The van der Waals surface area contributed by atoms with Crippen LogP contribution in [0.3, 0.4) is 0 Å². The number of rotatable bonds is 5. The Bertz CT molecular complexity index is 442. The van der Waals surface area contributed by atoms with E-state index in [0.717, 1.165) is 4.90 Å². The van der Waals surface area contributed by atoms with Crippen LogP contribution in [0.4, 0.5) is 18.9 Å². The van der Waals surface area contributed by atoms with E-state index in [-0.39, 0.29) is 17.9 Å². The largest absolute Gasteiger partial charge is 0.406 e. The van der Waals surface area contributed by atoms with E-state index in [0.29, 0.717) is 13.0 Å². The number of nitrogen functional groups attached to an aromatic ring is 1. The molecule has 0 bridgehead atoms. The normalized spacial score (nSPS) is 11.6. The highest BCUT2D eigenvalue weighted by atomic mass is 19.4. The van der Waals surface area contributed by atoms with Gasteiger partial charge in [0.1, 0.15) is 6.54 Å². The first-order valence-corrected chi connectivity index (χ1v) is 5.97. The summed E-state index contributed by atoms with van der Waals surface area (Å²) in [7, 11) is 0. The number of carbonyl (C=O) groups excluding carboxylic acids is 1. The van der Waals surface area contributed by atoms with E-state index in [1.54, 1.807) is 13.8 Å². The molecule has 0 aliphatic rings. The van der Waals surface area contributed by atoms with Crippen molar-refractivity contribution in [2.75, 3.05) is 18.8 Å². The third-order valence-electron chi connectivity index (χ3n) is 2.47. The molecule has 0 atom stereocenters. The summed E-state index contributed by atoms with van der Waals surface area (Å²) in [6.07, 6.45) is -2.58.